The molecule has 0 saturated carbocycles. The van der Waals surface area contributed by atoms with Crippen LogP contribution in [0.5, 0.6) is 5.75 Å². The zero-order chi connectivity index (χ0) is 16.7. The molecule has 4 nitrogen and oxygen atoms in total. The van der Waals surface area contributed by atoms with Crippen molar-refractivity contribution in [3.05, 3.63) is 59.1 Å². The molecule has 0 aliphatic carbocycles. The zero-order valence-electron chi connectivity index (χ0n) is 12.8. The number of nitrogens with one attached hydrogen (secondary N) is 1. The maximum absolute atomic E-state index is 12.1. The van der Waals surface area contributed by atoms with Crippen molar-refractivity contribution < 1.29 is 14.3 Å². The second-order valence-electron chi connectivity index (χ2n) is 4.91. The molecule has 0 heterocycles. The van der Waals surface area contributed by atoms with Crippen LogP contribution >= 0.6 is 11.6 Å². The van der Waals surface area contributed by atoms with Gasteiger partial charge in [0.05, 0.1) is 12.3 Å². The maximum Gasteiger partial charge on any atom is 0.224 e. The molecular weight excluding hydrogens is 314 g/mol. The predicted molar refractivity (Wildman–Crippen MR) is 91.3 cm³/mol. The van der Waals surface area contributed by atoms with Gasteiger partial charge in [-0.25, -0.2) is 0 Å². The monoisotopic (exact) mass is 331 g/mol. The topological polar surface area (TPSA) is 55.4 Å². The fraction of sp³-hybridized carbons (Fsp3) is 0.222. The first-order valence-corrected chi connectivity index (χ1v) is 7.78. The smallest absolute Gasteiger partial charge is 0.224 e. The number of Topliss-reactive ketones (excluding diaryl/α,β-unsaturated/α-hetero) is 1. The number of rotatable bonds is 7. The molecule has 0 saturated heterocycles. The number of benzene rings is 2. The van der Waals surface area contributed by atoms with Gasteiger partial charge in [-0.3, -0.25) is 9.59 Å². The summed E-state index contributed by atoms with van der Waals surface area (Å²) >= 11 is 5.86. The van der Waals surface area contributed by atoms with Crippen LogP contribution < -0.4 is 10.1 Å². The summed E-state index contributed by atoms with van der Waals surface area (Å²) in [5.74, 6) is 0.276. The number of hydrogen-bond donors (Lipinski definition) is 1. The Morgan fingerprint density at radius 3 is 2.61 bits per heavy atom. The van der Waals surface area contributed by atoms with E-state index in [1.807, 2.05) is 19.1 Å². The molecule has 120 valence electrons. The second kappa shape index (κ2) is 8.34. The van der Waals surface area contributed by atoms with Crippen LogP contribution in [0, 0.1) is 0 Å². The van der Waals surface area contributed by atoms with Gasteiger partial charge in [-0.05, 0) is 31.2 Å². The SMILES string of the molecule is CCOc1ccccc1NC(=O)CCC(=O)c1cccc(Cl)c1. The molecule has 2 aromatic rings. The largest absolute Gasteiger partial charge is 0.492 e. The fourth-order valence-electron chi connectivity index (χ4n) is 2.10. The Morgan fingerprint density at radius 2 is 1.87 bits per heavy atom. The third kappa shape index (κ3) is 5.11. The first kappa shape index (κ1) is 17.0. The third-order valence-corrected chi connectivity index (χ3v) is 3.42. The van der Waals surface area contributed by atoms with Crippen LogP contribution in [0.2, 0.25) is 5.02 Å². The Morgan fingerprint density at radius 1 is 1.09 bits per heavy atom. The van der Waals surface area contributed by atoms with Gasteiger partial charge in [-0.15, -0.1) is 0 Å². The predicted octanol–water partition coefficient (Wildman–Crippen LogP) is 4.34. The number of ether oxygens (including phenoxy) is 1. The number of halogens is 1. The number of para-hydroxylation sites is 2. The average molecular weight is 332 g/mol. The molecule has 0 aromatic heterocycles. The zero-order valence-corrected chi connectivity index (χ0v) is 13.6. The van der Waals surface area contributed by atoms with E-state index in [0.717, 1.165) is 0 Å². The summed E-state index contributed by atoms with van der Waals surface area (Å²) in [6, 6.07) is 13.9. The Hall–Kier alpha value is -2.33. The van der Waals surface area contributed by atoms with E-state index < -0.39 is 0 Å². The molecule has 1 amide bonds. The van der Waals surface area contributed by atoms with E-state index in [2.05, 4.69) is 5.32 Å². The number of carbonyl (C=O) groups excluding carboxylic acids is 2. The van der Waals surface area contributed by atoms with Gasteiger partial charge in [0, 0.05) is 23.4 Å². The van der Waals surface area contributed by atoms with E-state index in [1.54, 1.807) is 36.4 Å². The van der Waals surface area contributed by atoms with Crippen molar-refractivity contribution in [1.29, 1.82) is 0 Å². The Balaban J connectivity index is 1.92. The average Bonchev–Trinajstić information content (AvgIpc) is 2.54. The highest BCUT2D eigenvalue weighted by molar-refractivity contribution is 6.31. The van der Waals surface area contributed by atoms with Gasteiger partial charge >= 0.3 is 0 Å². The molecule has 2 aromatic carbocycles. The van der Waals surface area contributed by atoms with E-state index in [4.69, 9.17) is 16.3 Å². The molecule has 0 radical (unpaired) electrons. The van der Waals surface area contributed by atoms with Crippen LogP contribution in [0.3, 0.4) is 0 Å². The Bertz CT molecular complexity index is 700. The fourth-order valence-corrected chi connectivity index (χ4v) is 2.29. The lowest BCUT2D eigenvalue weighted by atomic mass is 10.1. The summed E-state index contributed by atoms with van der Waals surface area (Å²) in [6.07, 6.45) is 0.231. The molecule has 0 aliphatic rings. The van der Waals surface area contributed by atoms with Crippen LogP contribution in [-0.4, -0.2) is 18.3 Å². The highest BCUT2D eigenvalue weighted by atomic mass is 35.5. The van der Waals surface area contributed by atoms with Gasteiger partial charge in [0.15, 0.2) is 5.78 Å². The molecule has 0 aliphatic heterocycles. The number of ketones is 1. The van der Waals surface area contributed by atoms with Gasteiger partial charge < -0.3 is 10.1 Å². The standard InChI is InChI=1S/C18H18ClNO3/c1-2-23-17-9-4-3-8-15(17)20-18(22)11-10-16(21)13-6-5-7-14(19)12-13/h3-9,12H,2,10-11H2,1H3,(H,20,22). The van der Waals surface area contributed by atoms with Crippen LogP contribution in [0.15, 0.2) is 48.5 Å². The minimum atomic E-state index is -0.229. The van der Waals surface area contributed by atoms with Crippen molar-refractivity contribution in [1.82, 2.24) is 0 Å². The molecule has 0 bridgehead atoms. The van der Waals surface area contributed by atoms with E-state index in [-0.39, 0.29) is 24.5 Å². The molecule has 0 unspecified atom stereocenters. The van der Waals surface area contributed by atoms with Crippen LogP contribution in [-0.2, 0) is 4.79 Å². The van der Waals surface area contributed by atoms with Crippen molar-refractivity contribution in [2.45, 2.75) is 19.8 Å². The summed E-state index contributed by atoms with van der Waals surface area (Å²) in [7, 11) is 0. The number of carbonyl (C=O) groups is 2. The van der Waals surface area contributed by atoms with Crippen LogP contribution in [0.4, 0.5) is 5.69 Å². The summed E-state index contributed by atoms with van der Waals surface area (Å²) in [6.45, 7) is 2.39. The lowest BCUT2D eigenvalue weighted by Gasteiger charge is -2.11. The second-order valence-corrected chi connectivity index (χ2v) is 5.35. The molecule has 0 fully saturated rings. The van der Waals surface area contributed by atoms with Gasteiger partial charge in [-0.2, -0.15) is 0 Å². The minimum absolute atomic E-state index is 0.103. The van der Waals surface area contributed by atoms with Crippen molar-refractivity contribution in [3.8, 4) is 5.75 Å². The molecule has 2 rings (SSSR count). The summed E-state index contributed by atoms with van der Waals surface area (Å²) in [5, 5.41) is 3.28. The lowest BCUT2D eigenvalue weighted by Crippen LogP contribution is -2.14. The summed E-state index contributed by atoms with van der Waals surface area (Å²) < 4.78 is 5.45. The Kier molecular flexibility index (Phi) is 6.18. The summed E-state index contributed by atoms with van der Waals surface area (Å²) in [5.41, 5.74) is 1.12. The van der Waals surface area contributed by atoms with Gasteiger partial charge in [0.2, 0.25) is 5.91 Å². The number of hydrogen-bond acceptors (Lipinski definition) is 3. The van der Waals surface area contributed by atoms with E-state index in [0.29, 0.717) is 28.6 Å². The minimum Gasteiger partial charge on any atom is -0.492 e. The Labute approximate surface area is 140 Å². The third-order valence-electron chi connectivity index (χ3n) is 3.19. The highest BCUT2D eigenvalue weighted by Crippen LogP contribution is 2.24. The van der Waals surface area contributed by atoms with Crippen LogP contribution in [0.25, 0.3) is 0 Å². The maximum atomic E-state index is 12.1. The van der Waals surface area contributed by atoms with Crippen molar-refractivity contribution in [2.24, 2.45) is 0 Å². The molecule has 5 heteroatoms. The highest BCUT2D eigenvalue weighted by Gasteiger charge is 2.11. The normalized spacial score (nSPS) is 10.2. The van der Waals surface area contributed by atoms with E-state index in [9.17, 15) is 9.59 Å². The molecule has 0 atom stereocenters. The van der Waals surface area contributed by atoms with Gasteiger partial charge in [0.25, 0.3) is 0 Å². The van der Waals surface area contributed by atoms with E-state index >= 15 is 0 Å². The quantitative estimate of drug-likeness (QED) is 0.768. The van der Waals surface area contributed by atoms with E-state index in [1.165, 1.54) is 0 Å². The first-order valence-electron chi connectivity index (χ1n) is 7.40. The molecule has 1 N–H and O–H groups in total. The van der Waals surface area contributed by atoms with Gasteiger partial charge in [-0.1, -0.05) is 35.9 Å². The van der Waals surface area contributed by atoms with Gasteiger partial charge in [0.1, 0.15) is 5.75 Å². The lowest BCUT2D eigenvalue weighted by molar-refractivity contribution is -0.116. The number of anilines is 1. The molecule has 0 spiro atoms. The van der Waals surface area contributed by atoms with Crippen molar-refractivity contribution in [3.63, 3.8) is 0 Å². The number of amides is 1. The molecular formula is C18H18ClNO3. The molecule has 23 heavy (non-hydrogen) atoms. The van der Waals surface area contributed by atoms with Crippen LogP contribution in [0.1, 0.15) is 30.1 Å². The van der Waals surface area contributed by atoms with Crippen molar-refractivity contribution >= 4 is 29.0 Å². The van der Waals surface area contributed by atoms with Crippen molar-refractivity contribution in [2.75, 3.05) is 11.9 Å². The first-order chi connectivity index (χ1) is 11.1. The summed E-state index contributed by atoms with van der Waals surface area (Å²) in [4.78, 5) is 24.1.